The molecule has 0 aliphatic carbocycles. The number of ether oxygens (including phenoxy) is 2. The van der Waals surface area contributed by atoms with Gasteiger partial charge in [0.25, 0.3) is 0 Å². The molecule has 0 radical (unpaired) electrons. The molecule has 0 bridgehead atoms. The zero-order chi connectivity index (χ0) is 18.0. The van der Waals surface area contributed by atoms with Crippen LogP contribution in [0.4, 0.5) is 0 Å². The molecule has 5 heteroatoms. The van der Waals surface area contributed by atoms with Crippen molar-refractivity contribution in [3.8, 4) is 0 Å². The van der Waals surface area contributed by atoms with Gasteiger partial charge in [0.1, 0.15) is 5.78 Å². The highest BCUT2D eigenvalue weighted by Gasteiger charge is 2.06. The van der Waals surface area contributed by atoms with Crippen LogP contribution in [0.3, 0.4) is 0 Å². The van der Waals surface area contributed by atoms with Gasteiger partial charge in [0.05, 0.1) is 19.8 Å². The molecule has 0 aliphatic rings. The maximum Gasteiger partial charge on any atom is 0.220 e. The van der Waals surface area contributed by atoms with Crippen molar-refractivity contribution in [3.05, 3.63) is 0 Å². The zero-order valence-electron chi connectivity index (χ0n) is 15.9. The number of hydrogen-bond donors (Lipinski definition) is 1. The Kier molecular flexibility index (Phi) is 16.2. The number of amides is 1. The van der Waals surface area contributed by atoms with Gasteiger partial charge in [0.2, 0.25) is 5.91 Å². The summed E-state index contributed by atoms with van der Waals surface area (Å²) in [5.74, 6) is 0.637. The fourth-order valence-electron chi connectivity index (χ4n) is 2.30. The van der Waals surface area contributed by atoms with Crippen LogP contribution in [-0.2, 0) is 19.1 Å². The Morgan fingerprint density at radius 1 is 0.833 bits per heavy atom. The highest BCUT2D eigenvalue weighted by Crippen LogP contribution is 2.10. The van der Waals surface area contributed by atoms with E-state index in [0.717, 1.165) is 38.5 Å². The molecule has 0 aromatic carbocycles. The summed E-state index contributed by atoms with van der Waals surface area (Å²) < 4.78 is 10.5. The van der Waals surface area contributed by atoms with Crippen LogP contribution in [0.15, 0.2) is 0 Å². The summed E-state index contributed by atoms with van der Waals surface area (Å²) in [4.78, 5) is 23.1. The van der Waals surface area contributed by atoms with Gasteiger partial charge in [-0.1, -0.05) is 39.5 Å². The Morgan fingerprint density at radius 2 is 1.42 bits per heavy atom. The van der Waals surface area contributed by atoms with Crippen molar-refractivity contribution in [2.75, 3.05) is 33.0 Å². The molecule has 0 spiro atoms. The van der Waals surface area contributed by atoms with Crippen LogP contribution in [0, 0.1) is 5.92 Å². The molecule has 0 fully saturated rings. The number of Topliss-reactive ketones (excluding diaryl/α,β-unsaturated/α-hetero) is 1. The molecule has 0 aromatic rings. The van der Waals surface area contributed by atoms with Crippen LogP contribution in [0.5, 0.6) is 0 Å². The van der Waals surface area contributed by atoms with Crippen molar-refractivity contribution >= 4 is 11.7 Å². The van der Waals surface area contributed by atoms with E-state index in [9.17, 15) is 9.59 Å². The molecule has 0 rings (SSSR count). The number of unbranched alkanes of at least 4 members (excludes halogenated alkanes) is 5. The maximum atomic E-state index is 11.6. The molecule has 5 nitrogen and oxygen atoms in total. The highest BCUT2D eigenvalue weighted by atomic mass is 16.5. The number of carbonyl (C=O) groups excluding carboxylic acids is 2. The van der Waals surface area contributed by atoms with Crippen LogP contribution in [-0.4, -0.2) is 44.7 Å². The fourth-order valence-corrected chi connectivity index (χ4v) is 2.30. The topological polar surface area (TPSA) is 64.6 Å². The van der Waals surface area contributed by atoms with E-state index in [4.69, 9.17) is 9.47 Å². The minimum Gasteiger partial charge on any atom is -0.379 e. The van der Waals surface area contributed by atoms with E-state index < -0.39 is 0 Å². The predicted octanol–water partition coefficient (Wildman–Crippen LogP) is 3.50. The highest BCUT2D eigenvalue weighted by molar-refractivity contribution is 5.80. The van der Waals surface area contributed by atoms with Gasteiger partial charge >= 0.3 is 0 Å². The first-order chi connectivity index (χ1) is 11.6. The summed E-state index contributed by atoms with van der Waals surface area (Å²) in [6, 6.07) is 0. The number of rotatable bonds is 17. The molecular formula is C19H37NO4. The third kappa shape index (κ3) is 15.9. The lowest BCUT2D eigenvalue weighted by Gasteiger charge is -2.07. The number of hydrogen-bond acceptors (Lipinski definition) is 4. The largest absolute Gasteiger partial charge is 0.379 e. The normalized spacial score (nSPS) is 11.0. The fraction of sp³-hybridized carbons (Fsp3) is 0.895. The summed E-state index contributed by atoms with van der Waals surface area (Å²) >= 11 is 0. The van der Waals surface area contributed by atoms with Gasteiger partial charge in [-0.2, -0.15) is 0 Å². The summed E-state index contributed by atoms with van der Waals surface area (Å²) in [7, 11) is 0. The molecule has 1 amide bonds. The van der Waals surface area contributed by atoms with E-state index in [1.165, 1.54) is 0 Å². The molecular weight excluding hydrogens is 306 g/mol. The number of nitrogens with one attached hydrogen (secondary N) is 1. The van der Waals surface area contributed by atoms with Crippen molar-refractivity contribution < 1.29 is 19.1 Å². The van der Waals surface area contributed by atoms with E-state index in [0.29, 0.717) is 51.6 Å². The first-order valence-corrected chi connectivity index (χ1v) is 9.52. The van der Waals surface area contributed by atoms with Crippen LogP contribution in [0.2, 0.25) is 0 Å². The molecule has 0 saturated carbocycles. The first-order valence-electron chi connectivity index (χ1n) is 9.52. The molecule has 0 unspecified atom stereocenters. The maximum absolute atomic E-state index is 11.6. The van der Waals surface area contributed by atoms with Crippen molar-refractivity contribution in [1.29, 1.82) is 0 Å². The summed E-state index contributed by atoms with van der Waals surface area (Å²) in [6.45, 7) is 8.86. The SMILES string of the molecule is CCOCCOCCNC(=O)CCCCCCCCC(=O)C(C)C. The Hall–Kier alpha value is -0.940. The molecule has 0 aliphatic heterocycles. The Bertz CT molecular complexity index is 318. The van der Waals surface area contributed by atoms with Crippen LogP contribution in [0.1, 0.15) is 72.1 Å². The molecule has 0 heterocycles. The summed E-state index contributed by atoms with van der Waals surface area (Å²) in [5, 5.41) is 2.87. The zero-order valence-corrected chi connectivity index (χ0v) is 15.9. The predicted molar refractivity (Wildman–Crippen MR) is 97.1 cm³/mol. The standard InChI is InChI=1S/C19H37NO4/c1-4-23-15-16-24-14-13-20-19(22)12-10-8-6-5-7-9-11-18(21)17(2)3/h17H,4-16H2,1-3H3,(H,20,22). The van der Waals surface area contributed by atoms with E-state index in [2.05, 4.69) is 5.32 Å². The minimum absolute atomic E-state index is 0.103. The van der Waals surface area contributed by atoms with E-state index in [-0.39, 0.29) is 11.8 Å². The Morgan fingerprint density at radius 3 is 2.04 bits per heavy atom. The average Bonchev–Trinajstić information content (AvgIpc) is 2.56. The van der Waals surface area contributed by atoms with Crippen LogP contribution < -0.4 is 5.32 Å². The van der Waals surface area contributed by atoms with Gasteiger partial charge in [-0.05, 0) is 19.8 Å². The number of ketones is 1. The van der Waals surface area contributed by atoms with Gasteiger partial charge in [-0.25, -0.2) is 0 Å². The molecule has 0 saturated heterocycles. The second kappa shape index (κ2) is 16.9. The molecule has 24 heavy (non-hydrogen) atoms. The molecule has 0 aromatic heterocycles. The quantitative estimate of drug-likeness (QED) is 0.411. The monoisotopic (exact) mass is 343 g/mol. The van der Waals surface area contributed by atoms with Gasteiger partial charge in [0.15, 0.2) is 0 Å². The lowest BCUT2D eigenvalue weighted by atomic mass is 10.0. The second-order valence-corrected chi connectivity index (χ2v) is 6.40. The second-order valence-electron chi connectivity index (χ2n) is 6.40. The van der Waals surface area contributed by atoms with E-state index >= 15 is 0 Å². The van der Waals surface area contributed by atoms with Crippen molar-refractivity contribution in [2.45, 2.75) is 72.1 Å². The minimum atomic E-state index is 0.103. The Balaban J connectivity index is 3.24. The number of carbonyl (C=O) groups is 2. The molecule has 0 atom stereocenters. The van der Waals surface area contributed by atoms with Crippen molar-refractivity contribution in [2.24, 2.45) is 5.92 Å². The molecule has 142 valence electrons. The van der Waals surface area contributed by atoms with Crippen molar-refractivity contribution in [1.82, 2.24) is 5.32 Å². The summed E-state index contributed by atoms with van der Waals surface area (Å²) in [6.07, 6.45) is 7.73. The summed E-state index contributed by atoms with van der Waals surface area (Å²) in [5.41, 5.74) is 0. The Labute approximate surface area is 147 Å². The van der Waals surface area contributed by atoms with E-state index in [1.807, 2.05) is 20.8 Å². The third-order valence-corrected chi connectivity index (χ3v) is 3.87. The first kappa shape index (κ1) is 23.1. The average molecular weight is 344 g/mol. The van der Waals surface area contributed by atoms with Gasteiger partial charge in [-0.15, -0.1) is 0 Å². The smallest absolute Gasteiger partial charge is 0.220 e. The van der Waals surface area contributed by atoms with Crippen molar-refractivity contribution in [3.63, 3.8) is 0 Å². The molecule has 1 N–H and O–H groups in total. The lowest BCUT2D eigenvalue weighted by molar-refractivity contribution is -0.122. The van der Waals surface area contributed by atoms with Gasteiger partial charge in [0, 0.05) is 31.9 Å². The van der Waals surface area contributed by atoms with Gasteiger partial charge in [-0.3, -0.25) is 9.59 Å². The van der Waals surface area contributed by atoms with E-state index in [1.54, 1.807) is 0 Å². The third-order valence-electron chi connectivity index (χ3n) is 3.87. The lowest BCUT2D eigenvalue weighted by Crippen LogP contribution is -2.27. The van der Waals surface area contributed by atoms with Crippen LogP contribution >= 0.6 is 0 Å². The van der Waals surface area contributed by atoms with Crippen LogP contribution in [0.25, 0.3) is 0 Å². The van der Waals surface area contributed by atoms with Gasteiger partial charge < -0.3 is 14.8 Å².